The van der Waals surface area contributed by atoms with Crippen LogP contribution in [0.25, 0.3) is 10.8 Å². The SMILES string of the molecule is CO[C@@H]1C=CO[C@@]2(C)Oc3c(C)c(O)c4c(O)c(c(C=NN(C)C56CC7CC(CC(C7)C5)C6)c(O)c4c3C2=O)NC(=O)C(C)=CC=C[C@H](C)[C@H](O)[C@H](C)[C@H](O)[C@H](C)[C@H](OC(C)=O)[C@H]1C. The topological polar surface area (TPSA) is 217 Å². The lowest BCUT2D eigenvalue weighted by Gasteiger charge is -2.59. The zero-order valence-electron chi connectivity index (χ0n) is 38.5. The minimum atomic E-state index is -2.04. The number of ether oxygens (including phenoxy) is 4. The van der Waals surface area contributed by atoms with Crippen molar-refractivity contribution in [3.05, 3.63) is 52.8 Å². The minimum Gasteiger partial charge on any atom is -0.507 e. The molecule has 6 N–H and O–H groups in total. The summed E-state index contributed by atoms with van der Waals surface area (Å²) in [6.45, 7) is 12.6. The van der Waals surface area contributed by atoms with Gasteiger partial charge in [-0.05, 0) is 76.2 Å². The van der Waals surface area contributed by atoms with Crippen molar-refractivity contribution in [2.45, 2.75) is 130 Å². The van der Waals surface area contributed by atoms with E-state index < -0.39 is 88.8 Å². The van der Waals surface area contributed by atoms with E-state index in [9.17, 15) is 39.9 Å². The molecule has 7 aliphatic rings. The summed E-state index contributed by atoms with van der Waals surface area (Å²) < 4.78 is 23.8. The summed E-state index contributed by atoms with van der Waals surface area (Å²) in [6, 6.07) is 0. The number of ketones is 1. The van der Waals surface area contributed by atoms with Gasteiger partial charge in [0.25, 0.3) is 11.7 Å². The highest BCUT2D eigenvalue weighted by molar-refractivity contribution is 6.23. The Morgan fingerprint density at radius 1 is 0.906 bits per heavy atom. The predicted molar refractivity (Wildman–Crippen MR) is 240 cm³/mol. The van der Waals surface area contributed by atoms with Crippen molar-refractivity contribution in [1.82, 2.24) is 5.01 Å². The highest BCUT2D eigenvalue weighted by Gasteiger charge is 2.53. The first-order chi connectivity index (χ1) is 30.1. The van der Waals surface area contributed by atoms with Gasteiger partial charge >= 0.3 is 11.8 Å². The summed E-state index contributed by atoms with van der Waals surface area (Å²) >= 11 is 0. The van der Waals surface area contributed by atoms with Crippen LogP contribution in [0.5, 0.6) is 23.0 Å². The number of nitrogens with one attached hydrogen (secondary N) is 1. The number of Topliss-reactive ketones (excluding diaryl/α,β-unsaturated/α-hetero) is 1. The molecule has 64 heavy (non-hydrogen) atoms. The summed E-state index contributed by atoms with van der Waals surface area (Å²) in [5, 5.41) is 68.3. The van der Waals surface area contributed by atoms with Crippen molar-refractivity contribution < 1.29 is 58.9 Å². The molecule has 2 aromatic carbocycles. The molecular formula is C49H65N3O12. The summed E-state index contributed by atoms with van der Waals surface area (Å²) in [5.74, 6) is -6.36. The van der Waals surface area contributed by atoms with Gasteiger partial charge in [0.1, 0.15) is 23.4 Å². The van der Waals surface area contributed by atoms with Crippen LogP contribution >= 0.6 is 0 Å². The van der Waals surface area contributed by atoms with Crippen LogP contribution in [0, 0.1) is 48.3 Å². The van der Waals surface area contributed by atoms with Crippen molar-refractivity contribution in [3.63, 3.8) is 0 Å². The maximum Gasteiger partial charge on any atom is 0.312 e. The standard InChI is InChI=1S/C49H65N3O12/c1-23-12-11-13-24(2)47(60)51-38-33(22-50-52(9)49-19-30-16-31(20-49)18-32(17-30)21-49)42(57)35-36(43(38)58)41(56)28(6)45-37(35)46(59)48(8,64-45)62-15-14-34(61-10)25(3)44(63-29(7)53)27(5)40(55)26(4)39(23)54/h11-15,22-23,25-27,30-32,34,39-40,44,54-58H,16-21H2,1-10H3,(H,51,60)/t23-,25-,26-,27-,30?,31?,32?,34+,39-,40-,44+,48-,49?/m0/s1. The smallest absolute Gasteiger partial charge is 0.312 e. The molecule has 1 amide bonds. The number of amides is 1. The normalized spacial score (nSPS) is 35.4. The van der Waals surface area contributed by atoms with Crippen LogP contribution in [0.1, 0.15) is 108 Å². The summed E-state index contributed by atoms with van der Waals surface area (Å²) in [4.78, 5) is 41.0. The number of fused-ring (bicyclic) bond motifs is 14. The molecule has 9 atom stereocenters. The van der Waals surface area contributed by atoms with E-state index >= 15 is 0 Å². The number of nitrogens with zero attached hydrogens (tertiary/aromatic N) is 2. The fraction of sp³-hybridized carbons (Fsp3) is 0.592. The Bertz CT molecular complexity index is 2280. The first-order valence-corrected chi connectivity index (χ1v) is 22.5. The van der Waals surface area contributed by atoms with Crippen LogP contribution in [-0.4, -0.2) is 104 Å². The number of anilines is 1. The van der Waals surface area contributed by atoms with Crippen molar-refractivity contribution in [1.29, 1.82) is 0 Å². The number of hydrazone groups is 1. The molecule has 15 nitrogen and oxygen atoms in total. The molecule has 0 spiro atoms. The van der Waals surface area contributed by atoms with Gasteiger partial charge in [-0.3, -0.25) is 19.4 Å². The van der Waals surface area contributed by atoms with Gasteiger partial charge in [0.05, 0.1) is 58.5 Å². The molecule has 3 aliphatic heterocycles. The molecule has 9 bridgehead atoms. The summed E-state index contributed by atoms with van der Waals surface area (Å²) in [7, 11) is 3.36. The molecular weight excluding hydrogens is 823 g/mol. The van der Waals surface area contributed by atoms with E-state index in [4.69, 9.17) is 24.0 Å². The number of aliphatic hydroxyl groups is 2. The minimum absolute atomic E-state index is 0.0690. The van der Waals surface area contributed by atoms with Crippen LogP contribution in [0.15, 0.2) is 41.2 Å². The Morgan fingerprint density at radius 3 is 2.12 bits per heavy atom. The average molecular weight is 888 g/mol. The summed E-state index contributed by atoms with van der Waals surface area (Å²) in [5.41, 5.74) is -0.421. The van der Waals surface area contributed by atoms with Crippen molar-refractivity contribution >= 4 is 40.3 Å². The number of carbonyl (C=O) groups is 3. The first kappa shape index (κ1) is 46.9. The van der Waals surface area contributed by atoms with Gasteiger partial charge in [-0.2, -0.15) is 5.10 Å². The molecule has 0 unspecified atom stereocenters. The summed E-state index contributed by atoms with van der Waals surface area (Å²) in [6.07, 6.45) is 11.7. The third-order valence-corrected chi connectivity index (χ3v) is 15.1. The van der Waals surface area contributed by atoms with Crippen LogP contribution in [-0.2, 0) is 23.8 Å². The lowest BCUT2D eigenvalue weighted by Crippen LogP contribution is -2.57. The van der Waals surface area contributed by atoms with Gasteiger partial charge < -0.3 is 49.8 Å². The number of aliphatic hydroxyl groups excluding tert-OH is 2. The van der Waals surface area contributed by atoms with E-state index in [0.29, 0.717) is 17.8 Å². The Labute approximate surface area is 374 Å². The number of benzene rings is 2. The van der Waals surface area contributed by atoms with Crippen LogP contribution in [0.4, 0.5) is 5.69 Å². The largest absolute Gasteiger partial charge is 0.507 e. The van der Waals surface area contributed by atoms with E-state index in [1.54, 1.807) is 46.8 Å². The van der Waals surface area contributed by atoms with Gasteiger partial charge in [0, 0.05) is 68.2 Å². The maximum absolute atomic E-state index is 14.6. The third kappa shape index (κ3) is 8.23. The number of carbonyl (C=O) groups excluding carboxylic acids is 3. The molecule has 2 aromatic rings. The number of rotatable bonds is 5. The number of phenols is 3. The predicted octanol–water partition coefficient (Wildman–Crippen LogP) is 6.99. The van der Waals surface area contributed by atoms with E-state index in [-0.39, 0.29) is 50.0 Å². The average Bonchev–Trinajstić information content (AvgIpc) is 3.51. The van der Waals surface area contributed by atoms with Gasteiger partial charge in [0.2, 0.25) is 0 Å². The first-order valence-electron chi connectivity index (χ1n) is 22.5. The van der Waals surface area contributed by atoms with Crippen LogP contribution in [0.2, 0.25) is 0 Å². The molecule has 3 heterocycles. The Morgan fingerprint density at radius 2 is 1.53 bits per heavy atom. The van der Waals surface area contributed by atoms with Crippen molar-refractivity contribution in [2.75, 3.05) is 19.5 Å². The van der Waals surface area contributed by atoms with E-state index in [2.05, 4.69) is 5.32 Å². The Kier molecular flexibility index (Phi) is 13.0. The second-order valence-corrected chi connectivity index (χ2v) is 19.5. The zero-order valence-corrected chi connectivity index (χ0v) is 38.5. The molecule has 4 fully saturated rings. The Hall–Kier alpha value is -5.12. The third-order valence-electron chi connectivity index (χ3n) is 15.1. The molecule has 0 saturated heterocycles. The number of methoxy groups -OCH3 is 1. The van der Waals surface area contributed by atoms with Crippen molar-refractivity contribution in [3.8, 4) is 23.0 Å². The number of allylic oxidation sites excluding steroid dienone is 2. The van der Waals surface area contributed by atoms with Crippen LogP contribution < -0.4 is 10.1 Å². The molecule has 4 aliphatic carbocycles. The number of phenolic OH excluding ortho intramolecular Hbond substituents is 3. The number of hydrogen-bond donors (Lipinski definition) is 6. The molecule has 4 saturated carbocycles. The number of aromatic hydroxyl groups is 3. The van der Waals surface area contributed by atoms with Gasteiger partial charge in [-0.1, -0.05) is 45.9 Å². The molecule has 0 radical (unpaired) electrons. The quantitative estimate of drug-likeness (QED) is 0.0588. The fourth-order valence-corrected chi connectivity index (χ4v) is 11.6. The second-order valence-electron chi connectivity index (χ2n) is 19.5. The lowest BCUT2D eigenvalue weighted by atomic mass is 9.53. The highest BCUT2D eigenvalue weighted by Crippen LogP contribution is 2.58. The van der Waals surface area contributed by atoms with Crippen molar-refractivity contribution in [2.24, 2.45) is 46.5 Å². The van der Waals surface area contributed by atoms with Crippen LogP contribution in [0.3, 0.4) is 0 Å². The van der Waals surface area contributed by atoms with Gasteiger partial charge in [-0.25, -0.2) is 0 Å². The highest BCUT2D eigenvalue weighted by atomic mass is 16.7. The van der Waals surface area contributed by atoms with Gasteiger partial charge in [0.15, 0.2) is 5.75 Å². The molecule has 0 aromatic heterocycles. The zero-order chi connectivity index (χ0) is 46.7. The van der Waals surface area contributed by atoms with E-state index in [0.717, 1.165) is 19.3 Å². The number of hydrogen-bond acceptors (Lipinski definition) is 14. The second kappa shape index (κ2) is 17.7. The monoisotopic (exact) mass is 887 g/mol. The number of esters is 1. The molecule has 9 rings (SSSR count). The molecule has 348 valence electrons. The Balaban J connectivity index is 1.37. The molecule has 15 heteroatoms. The van der Waals surface area contributed by atoms with E-state index in [1.165, 1.54) is 71.8 Å². The fourth-order valence-electron chi connectivity index (χ4n) is 11.6. The maximum atomic E-state index is 14.6. The van der Waals surface area contributed by atoms with E-state index in [1.807, 2.05) is 12.1 Å². The lowest BCUT2D eigenvalue weighted by molar-refractivity contribution is -0.160. The van der Waals surface area contributed by atoms with Gasteiger partial charge in [-0.15, -0.1) is 0 Å².